The lowest BCUT2D eigenvalue weighted by Gasteiger charge is -2.38. The third kappa shape index (κ3) is 3.08. The molecule has 0 bridgehead atoms. The number of aromatic amines is 1. The monoisotopic (exact) mass is 368 g/mol. The van der Waals surface area contributed by atoms with Crippen molar-refractivity contribution in [3.05, 3.63) is 64.8 Å². The van der Waals surface area contributed by atoms with Crippen LogP contribution < -0.4 is 0 Å². The maximum atomic E-state index is 12.9. The number of nitrogens with zero attached hydrogens (tertiary/aromatic N) is 3. The molecular weight excluding hydrogens is 348 g/mol. The van der Waals surface area contributed by atoms with Crippen molar-refractivity contribution in [1.82, 2.24) is 20.0 Å². The largest absolute Gasteiger partial charge is 0.335 e. The number of H-pyrrole nitrogens is 1. The van der Waals surface area contributed by atoms with E-state index in [0.717, 1.165) is 34.6 Å². The first-order valence-electron chi connectivity index (χ1n) is 8.86. The second-order valence-corrected chi connectivity index (χ2v) is 7.05. The van der Waals surface area contributed by atoms with Gasteiger partial charge in [-0.25, -0.2) is 0 Å². The Bertz CT molecular complexity index is 930. The van der Waals surface area contributed by atoms with Gasteiger partial charge in [-0.1, -0.05) is 48.0 Å². The van der Waals surface area contributed by atoms with Crippen LogP contribution in [0.25, 0.3) is 10.9 Å². The van der Waals surface area contributed by atoms with E-state index in [9.17, 15) is 4.79 Å². The third-order valence-corrected chi connectivity index (χ3v) is 5.52. The molecule has 5 nitrogen and oxygen atoms in total. The van der Waals surface area contributed by atoms with Crippen LogP contribution in [0.4, 0.5) is 0 Å². The molecule has 0 spiro atoms. The molecule has 1 aliphatic rings. The van der Waals surface area contributed by atoms with Crippen molar-refractivity contribution < 1.29 is 4.79 Å². The molecule has 2 heterocycles. The maximum absolute atomic E-state index is 12.9. The predicted octanol–water partition coefficient (Wildman–Crippen LogP) is 3.74. The number of nitrogens with one attached hydrogen (secondary N) is 1. The number of carbonyl (C=O) groups excluding carboxylic acids is 1. The Hall–Kier alpha value is -2.37. The fourth-order valence-corrected chi connectivity index (χ4v) is 3.89. The van der Waals surface area contributed by atoms with Crippen molar-refractivity contribution in [2.75, 3.05) is 26.2 Å². The van der Waals surface area contributed by atoms with Crippen LogP contribution in [-0.4, -0.2) is 52.1 Å². The highest BCUT2D eigenvalue weighted by atomic mass is 35.5. The summed E-state index contributed by atoms with van der Waals surface area (Å²) >= 11 is 6.34. The molecule has 6 heteroatoms. The van der Waals surface area contributed by atoms with E-state index in [2.05, 4.69) is 28.1 Å². The number of amides is 1. The molecule has 1 N–H and O–H groups in total. The fourth-order valence-electron chi connectivity index (χ4n) is 3.60. The molecule has 26 heavy (non-hydrogen) atoms. The Morgan fingerprint density at radius 1 is 1.08 bits per heavy atom. The zero-order chi connectivity index (χ0) is 18.1. The zero-order valence-corrected chi connectivity index (χ0v) is 15.4. The summed E-state index contributed by atoms with van der Waals surface area (Å²) in [6, 6.07) is 15.9. The molecule has 3 aromatic rings. The Labute approximate surface area is 157 Å². The first kappa shape index (κ1) is 17.1. The molecule has 1 atom stereocenters. The zero-order valence-electron chi connectivity index (χ0n) is 14.7. The van der Waals surface area contributed by atoms with Gasteiger partial charge in [-0.05, 0) is 24.6 Å². The number of fused-ring (bicyclic) bond motifs is 1. The van der Waals surface area contributed by atoms with E-state index in [0.29, 0.717) is 18.8 Å². The van der Waals surface area contributed by atoms with Crippen LogP contribution in [-0.2, 0) is 0 Å². The average molecular weight is 369 g/mol. The van der Waals surface area contributed by atoms with Crippen LogP contribution in [0.15, 0.2) is 48.5 Å². The number of benzene rings is 2. The molecule has 4 rings (SSSR count). The number of para-hydroxylation sites is 1. The van der Waals surface area contributed by atoms with Crippen LogP contribution in [0.3, 0.4) is 0 Å². The van der Waals surface area contributed by atoms with Gasteiger partial charge in [-0.3, -0.25) is 14.8 Å². The molecule has 1 fully saturated rings. The first-order chi connectivity index (χ1) is 12.6. The van der Waals surface area contributed by atoms with Gasteiger partial charge in [0.1, 0.15) is 0 Å². The van der Waals surface area contributed by atoms with Crippen molar-refractivity contribution in [2.45, 2.75) is 13.0 Å². The van der Waals surface area contributed by atoms with Gasteiger partial charge in [0.05, 0.1) is 5.52 Å². The highest BCUT2D eigenvalue weighted by Gasteiger charge is 2.27. The van der Waals surface area contributed by atoms with Gasteiger partial charge in [0.2, 0.25) is 0 Å². The Morgan fingerprint density at radius 3 is 2.54 bits per heavy atom. The summed E-state index contributed by atoms with van der Waals surface area (Å²) in [4.78, 5) is 17.1. The number of hydrogen-bond acceptors (Lipinski definition) is 3. The normalized spacial score (nSPS) is 16.8. The van der Waals surface area contributed by atoms with Crippen molar-refractivity contribution in [3.8, 4) is 0 Å². The lowest BCUT2D eigenvalue weighted by Crippen LogP contribution is -2.49. The molecular formula is C20H21ClN4O. The van der Waals surface area contributed by atoms with Crippen LogP contribution in [0.2, 0.25) is 5.02 Å². The Kier molecular flexibility index (Phi) is 4.66. The highest BCUT2D eigenvalue weighted by Crippen LogP contribution is 2.28. The van der Waals surface area contributed by atoms with Gasteiger partial charge < -0.3 is 4.90 Å². The molecule has 1 amide bonds. The Balaban J connectivity index is 1.45. The van der Waals surface area contributed by atoms with E-state index in [1.165, 1.54) is 0 Å². The van der Waals surface area contributed by atoms with E-state index in [4.69, 9.17) is 11.6 Å². The predicted molar refractivity (Wildman–Crippen MR) is 103 cm³/mol. The van der Waals surface area contributed by atoms with E-state index < -0.39 is 0 Å². The number of rotatable bonds is 3. The summed E-state index contributed by atoms with van der Waals surface area (Å²) < 4.78 is 0. The number of aromatic nitrogens is 2. The van der Waals surface area contributed by atoms with Crippen LogP contribution in [0.1, 0.15) is 29.0 Å². The molecule has 0 saturated carbocycles. The standard InChI is InChI=1S/C20H21ClN4O/c1-14(15-6-2-4-8-17(15)21)24-10-12-25(13-11-24)20(26)19-16-7-3-5-9-18(16)22-23-19/h2-9,14H,10-13H2,1H3,(H,22,23). The van der Waals surface area contributed by atoms with Gasteiger partial charge in [-0.2, -0.15) is 5.10 Å². The number of hydrogen-bond donors (Lipinski definition) is 1. The Morgan fingerprint density at radius 2 is 1.77 bits per heavy atom. The van der Waals surface area contributed by atoms with E-state index in [-0.39, 0.29) is 11.9 Å². The summed E-state index contributed by atoms with van der Waals surface area (Å²) in [6.45, 7) is 5.19. The molecule has 1 unspecified atom stereocenters. The molecule has 1 aliphatic heterocycles. The van der Waals surface area contributed by atoms with Crippen LogP contribution in [0, 0.1) is 0 Å². The van der Waals surface area contributed by atoms with Gasteiger partial charge in [0.25, 0.3) is 5.91 Å². The topological polar surface area (TPSA) is 52.2 Å². The first-order valence-corrected chi connectivity index (χ1v) is 9.24. The van der Waals surface area contributed by atoms with E-state index in [1.807, 2.05) is 47.4 Å². The smallest absolute Gasteiger partial charge is 0.275 e. The summed E-state index contributed by atoms with van der Waals surface area (Å²) in [5.41, 5.74) is 2.53. The fraction of sp³-hybridized carbons (Fsp3) is 0.300. The van der Waals surface area contributed by atoms with Crippen molar-refractivity contribution in [1.29, 1.82) is 0 Å². The van der Waals surface area contributed by atoms with Gasteiger partial charge in [0, 0.05) is 42.6 Å². The van der Waals surface area contributed by atoms with Crippen molar-refractivity contribution in [3.63, 3.8) is 0 Å². The second kappa shape index (κ2) is 7.09. The van der Waals surface area contributed by atoms with Crippen LogP contribution in [0.5, 0.6) is 0 Å². The number of carbonyl (C=O) groups is 1. The lowest BCUT2D eigenvalue weighted by atomic mass is 10.1. The van der Waals surface area contributed by atoms with E-state index >= 15 is 0 Å². The second-order valence-electron chi connectivity index (χ2n) is 6.64. The summed E-state index contributed by atoms with van der Waals surface area (Å²) in [7, 11) is 0. The minimum Gasteiger partial charge on any atom is -0.335 e. The van der Waals surface area contributed by atoms with Crippen molar-refractivity contribution in [2.24, 2.45) is 0 Å². The minimum absolute atomic E-state index is 0.00695. The maximum Gasteiger partial charge on any atom is 0.275 e. The number of piperazine rings is 1. The average Bonchev–Trinajstić information content (AvgIpc) is 3.11. The molecule has 1 saturated heterocycles. The van der Waals surface area contributed by atoms with Crippen LogP contribution >= 0.6 is 11.6 Å². The summed E-state index contributed by atoms with van der Waals surface area (Å²) in [5, 5.41) is 8.85. The SMILES string of the molecule is CC(c1ccccc1Cl)N1CCN(C(=O)c2n[nH]c3ccccc23)CC1. The minimum atomic E-state index is -0.00695. The van der Waals surface area contributed by atoms with Gasteiger partial charge >= 0.3 is 0 Å². The van der Waals surface area contributed by atoms with E-state index in [1.54, 1.807) is 0 Å². The summed E-state index contributed by atoms with van der Waals surface area (Å²) in [5.74, 6) is -0.00695. The molecule has 2 aromatic carbocycles. The quantitative estimate of drug-likeness (QED) is 0.766. The molecule has 1 aromatic heterocycles. The molecule has 0 radical (unpaired) electrons. The lowest BCUT2D eigenvalue weighted by molar-refractivity contribution is 0.0578. The molecule has 134 valence electrons. The number of halogens is 1. The third-order valence-electron chi connectivity index (χ3n) is 5.18. The van der Waals surface area contributed by atoms with Gasteiger partial charge in [-0.15, -0.1) is 0 Å². The molecule has 0 aliphatic carbocycles. The van der Waals surface area contributed by atoms with Crippen molar-refractivity contribution >= 4 is 28.4 Å². The van der Waals surface area contributed by atoms with Gasteiger partial charge in [0.15, 0.2) is 5.69 Å². The highest BCUT2D eigenvalue weighted by molar-refractivity contribution is 6.31. The summed E-state index contributed by atoms with van der Waals surface area (Å²) in [6.07, 6.45) is 0.